The summed E-state index contributed by atoms with van der Waals surface area (Å²) < 4.78 is 15.7. The van der Waals surface area contributed by atoms with Gasteiger partial charge >= 0.3 is 0 Å². The fourth-order valence-electron chi connectivity index (χ4n) is 1.90. The molecular weight excluding hydrogens is 299 g/mol. The van der Waals surface area contributed by atoms with Gasteiger partial charge in [-0.05, 0) is 40.0 Å². The Morgan fingerprint density at radius 1 is 1.50 bits per heavy atom. The fourth-order valence-corrected chi connectivity index (χ4v) is 2.33. The van der Waals surface area contributed by atoms with Gasteiger partial charge in [0.15, 0.2) is 0 Å². The van der Waals surface area contributed by atoms with E-state index in [1.807, 2.05) is 19.2 Å². The van der Waals surface area contributed by atoms with E-state index in [1.165, 1.54) is 6.07 Å². The molecule has 2 rings (SSSR count). The van der Waals surface area contributed by atoms with Crippen molar-refractivity contribution >= 4 is 15.9 Å². The highest BCUT2D eigenvalue weighted by atomic mass is 79.9. The molecule has 0 aliphatic heterocycles. The highest BCUT2D eigenvalue weighted by Crippen LogP contribution is 2.25. The van der Waals surface area contributed by atoms with Crippen LogP contribution < -0.4 is 11.3 Å². The Labute approximate surface area is 113 Å². The molecule has 0 radical (unpaired) electrons. The molecule has 0 bridgehead atoms. The number of hydrazine groups is 1. The van der Waals surface area contributed by atoms with Gasteiger partial charge < -0.3 is 0 Å². The number of hydrogen-bond donors (Lipinski definition) is 2. The van der Waals surface area contributed by atoms with Gasteiger partial charge in [-0.3, -0.25) is 16.0 Å². The number of benzene rings is 1. The first-order chi connectivity index (χ1) is 8.63. The van der Waals surface area contributed by atoms with E-state index in [9.17, 15) is 4.39 Å². The zero-order valence-electron chi connectivity index (χ0n) is 9.90. The maximum atomic E-state index is 13.4. The molecule has 0 saturated heterocycles. The monoisotopic (exact) mass is 312 g/mol. The van der Waals surface area contributed by atoms with Crippen molar-refractivity contribution in [2.45, 2.75) is 12.5 Å². The smallest absolute Gasteiger partial charge is 0.137 e. The summed E-state index contributed by atoms with van der Waals surface area (Å²) in [7, 11) is 1.85. The lowest BCUT2D eigenvalue weighted by Crippen LogP contribution is -2.31. The Morgan fingerprint density at radius 3 is 2.89 bits per heavy atom. The van der Waals surface area contributed by atoms with Crippen molar-refractivity contribution in [3.8, 4) is 0 Å². The maximum Gasteiger partial charge on any atom is 0.137 e. The Morgan fingerprint density at radius 2 is 2.28 bits per heavy atom. The van der Waals surface area contributed by atoms with Gasteiger partial charge in [-0.1, -0.05) is 12.1 Å². The van der Waals surface area contributed by atoms with E-state index in [-0.39, 0.29) is 11.9 Å². The molecular formula is C12H14BrFN4. The summed E-state index contributed by atoms with van der Waals surface area (Å²) in [5, 5.41) is 4.10. The molecule has 0 aliphatic rings. The molecule has 0 aliphatic carbocycles. The third kappa shape index (κ3) is 2.60. The maximum absolute atomic E-state index is 13.4. The van der Waals surface area contributed by atoms with Crippen LogP contribution in [0.3, 0.4) is 0 Å². The normalized spacial score (nSPS) is 12.7. The van der Waals surface area contributed by atoms with E-state index in [0.717, 1.165) is 11.3 Å². The number of hydrogen-bond acceptors (Lipinski definition) is 3. The molecule has 2 aromatic rings. The number of nitrogens with zero attached hydrogens (tertiary/aromatic N) is 2. The van der Waals surface area contributed by atoms with Crippen molar-refractivity contribution in [2.24, 2.45) is 12.9 Å². The Kier molecular flexibility index (Phi) is 4.11. The van der Waals surface area contributed by atoms with E-state index < -0.39 is 0 Å². The molecule has 1 unspecified atom stereocenters. The van der Waals surface area contributed by atoms with E-state index in [1.54, 1.807) is 16.9 Å². The second kappa shape index (κ2) is 5.60. The predicted octanol–water partition coefficient (Wildman–Crippen LogP) is 2.07. The molecule has 4 nitrogen and oxygen atoms in total. The van der Waals surface area contributed by atoms with Gasteiger partial charge in [-0.15, -0.1) is 0 Å². The zero-order valence-corrected chi connectivity index (χ0v) is 11.5. The lowest BCUT2D eigenvalue weighted by Gasteiger charge is -2.17. The summed E-state index contributed by atoms with van der Waals surface area (Å²) in [4.78, 5) is 0. The topological polar surface area (TPSA) is 55.9 Å². The van der Waals surface area contributed by atoms with Crippen LogP contribution in [0.15, 0.2) is 34.9 Å². The number of nitrogens with two attached hydrogens (primary N) is 1. The largest absolute Gasteiger partial charge is 0.271 e. The summed E-state index contributed by atoms with van der Waals surface area (Å²) in [6, 6.07) is 6.75. The fraction of sp³-hybridized carbons (Fsp3) is 0.250. The molecule has 1 aromatic heterocycles. The van der Waals surface area contributed by atoms with E-state index in [4.69, 9.17) is 5.84 Å². The van der Waals surface area contributed by atoms with Gasteiger partial charge in [-0.2, -0.15) is 5.10 Å². The molecule has 1 aromatic carbocycles. The summed E-state index contributed by atoms with van der Waals surface area (Å²) in [6.07, 6.45) is 2.29. The van der Waals surface area contributed by atoms with Crippen LogP contribution in [0.5, 0.6) is 0 Å². The van der Waals surface area contributed by atoms with Crippen molar-refractivity contribution in [1.29, 1.82) is 0 Å². The number of rotatable bonds is 4. The van der Waals surface area contributed by atoms with Crippen molar-refractivity contribution in [2.75, 3.05) is 0 Å². The molecule has 0 spiro atoms. The predicted molar refractivity (Wildman–Crippen MR) is 71.1 cm³/mol. The van der Waals surface area contributed by atoms with Crippen molar-refractivity contribution in [3.63, 3.8) is 0 Å². The highest BCUT2D eigenvalue weighted by Gasteiger charge is 2.16. The molecule has 3 N–H and O–H groups in total. The third-order valence-corrected chi connectivity index (χ3v) is 3.76. The van der Waals surface area contributed by atoms with Crippen molar-refractivity contribution < 1.29 is 4.39 Å². The van der Waals surface area contributed by atoms with Crippen LogP contribution in [-0.4, -0.2) is 9.78 Å². The number of aromatic nitrogens is 2. The standard InChI is InChI=1S/C12H14BrFN4/c1-18-11(5-6-16-18)10(17-15)7-8-3-2-4-9(14)12(8)13/h2-6,10,17H,7,15H2,1H3. The molecule has 96 valence electrons. The molecule has 0 saturated carbocycles. The average Bonchev–Trinajstić information content (AvgIpc) is 2.77. The Bertz CT molecular complexity index is 541. The Hall–Kier alpha value is -1.24. The molecule has 1 heterocycles. The second-order valence-electron chi connectivity index (χ2n) is 4.02. The van der Waals surface area contributed by atoms with Gasteiger partial charge in [-0.25, -0.2) is 4.39 Å². The van der Waals surface area contributed by atoms with Crippen LogP contribution in [-0.2, 0) is 13.5 Å². The molecule has 18 heavy (non-hydrogen) atoms. The molecule has 0 fully saturated rings. The highest BCUT2D eigenvalue weighted by molar-refractivity contribution is 9.10. The van der Waals surface area contributed by atoms with E-state index in [0.29, 0.717) is 10.9 Å². The van der Waals surface area contributed by atoms with Crippen LogP contribution in [0.2, 0.25) is 0 Å². The summed E-state index contributed by atoms with van der Waals surface area (Å²) in [5.74, 6) is 5.30. The van der Waals surface area contributed by atoms with Gasteiger partial charge in [0.05, 0.1) is 16.2 Å². The molecule has 0 amide bonds. The summed E-state index contributed by atoms with van der Waals surface area (Å²) in [6.45, 7) is 0. The van der Waals surface area contributed by atoms with Gasteiger partial charge in [0, 0.05) is 13.2 Å². The average molecular weight is 313 g/mol. The quantitative estimate of drug-likeness (QED) is 0.671. The van der Waals surface area contributed by atoms with Crippen LogP contribution in [0.4, 0.5) is 4.39 Å². The van der Waals surface area contributed by atoms with Crippen LogP contribution in [0.1, 0.15) is 17.3 Å². The first kappa shape index (κ1) is 13.2. The van der Waals surface area contributed by atoms with Crippen LogP contribution in [0.25, 0.3) is 0 Å². The lowest BCUT2D eigenvalue weighted by atomic mass is 10.0. The third-order valence-electron chi connectivity index (χ3n) is 2.87. The molecule has 1 atom stereocenters. The van der Waals surface area contributed by atoms with E-state index in [2.05, 4.69) is 26.5 Å². The first-order valence-corrected chi connectivity index (χ1v) is 6.29. The lowest BCUT2D eigenvalue weighted by molar-refractivity contribution is 0.506. The van der Waals surface area contributed by atoms with Crippen LogP contribution >= 0.6 is 15.9 Å². The second-order valence-corrected chi connectivity index (χ2v) is 4.81. The van der Waals surface area contributed by atoms with Crippen molar-refractivity contribution in [1.82, 2.24) is 15.2 Å². The first-order valence-electron chi connectivity index (χ1n) is 5.50. The number of halogens is 2. The van der Waals surface area contributed by atoms with Gasteiger partial charge in [0.25, 0.3) is 0 Å². The minimum absolute atomic E-state index is 0.115. The number of nitrogens with one attached hydrogen (secondary N) is 1. The van der Waals surface area contributed by atoms with Crippen LogP contribution in [0, 0.1) is 5.82 Å². The Balaban J connectivity index is 2.26. The number of aryl methyl sites for hydroxylation is 1. The van der Waals surface area contributed by atoms with Gasteiger partial charge in [0.2, 0.25) is 0 Å². The van der Waals surface area contributed by atoms with Gasteiger partial charge in [0.1, 0.15) is 5.82 Å². The summed E-state index contributed by atoms with van der Waals surface area (Å²) in [5.41, 5.74) is 4.55. The minimum atomic E-state index is -0.270. The summed E-state index contributed by atoms with van der Waals surface area (Å²) >= 11 is 3.25. The van der Waals surface area contributed by atoms with E-state index >= 15 is 0 Å². The SMILES string of the molecule is Cn1nccc1C(Cc1cccc(F)c1Br)NN. The molecule has 6 heteroatoms. The van der Waals surface area contributed by atoms with Crippen molar-refractivity contribution in [3.05, 3.63) is 52.0 Å². The minimum Gasteiger partial charge on any atom is -0.271 e. The zero-order chi connectivity index (χ0) is 13.1.